The van der Waals surface area contributed by atoms with E-state index >= 15 is 0 Å². The lowest BCUT2D eigenvalue weighted by Gasteiger charge is -2.24. The average molecular weight is 327 g/mol. The Morgan fingerprint density at radius 3 is 2.12 bits per heavy atom. The monoisotopic (exact) mass is 327 g/mol. The van der Waals surface area contributed by atoms with Crippen molar-refractivity contribution in [2.24, 2.45) is 5.84 Å². The smallest absolute Gasteiger partial charge is 0.258 e. The van der Waals surface area contributed by atoms with Crippen LogP contribution in [0.4, 0.5) is 11.4 Å². The molecular weight excluding hydrogens is 310 g/mol. The normalized spacial score (nSPS) is 14.7. The van der Waals surface area contributed by atoms with Crippen molar-refractivity contribution in [1.29, 1.82) is 0 Å². The minimum absolute atomic E-state index is 0.147. The summed E-state index contributed by atoms with van der Waals surface area (Å²) in [5.41, 5.74) is 4.61. The molecule has 1 heterocycles. The Balaban J connectivity index is 1.97. The molecule has 4 rings (SSSR count). The van der Waals surface area contributed by atoms with E-state index < -0.39 is 0 Å². The number of fused-ring (bicyclic) bond motifs is 1. The first-order valence-corrected chi connectivity index (χ1v) is 8.06. The van der Waals surface area contributed by atoms with Gasteiger partial charge in [-0.05, 0) is 18.2 Å². The van der Waals surface area contributed by atoms with Crippen LogP contribution in [0.2, 0.25) is 0 Å². The van der Waals surface area contributed by atoms with E-state index in [4.69, 9.17) is 5.84 Å². The molecule has 0 aromatic heterocycles. The molecule has 0 atom stereocenters. The van der Waals surface area contributed by atoms with E-state index in [2.05, 4.69) is 5.32 Å². The number of para-hydroxylation sites is 2. The Morgan fingerprint density at radius 2 is 1.40 bits per heavy atom. The summed E-state index contributed by atoms with van der Waals surface area (Å²) < 4.78 is 0. The molecular formula is C21H17N3O. The van der Waals surface area contributed by atoms with Gasteiger partial charge in [-0.25, -0.2) is 5.84 Å². The van der Waals surface area contributed by atoms with Crippen molar-refractivity contribution in [3.05, 3.63) is 96.1 Å². The highest BCUT2D eigenvalue weighted by atomic mass is 16.2. The van der Waals surface area contributed by atoms with Crippen LogP contribution in [-0.2, 0) is 4.79 Å². The Labute approximate surface area is 146 Å². The van der Waals surface area contributed by atoms with E-state index in [1.165, 1.54) is 0 Å². The number of carbonyl (C=O) groups excluding carboxylic acids is 1. The number of hydrogen-bond donors (Lipinski definition) is 2. The fourth-order valence-corrected chi connectivity index (χ4v) is 3.07. The van der Waals surface area contributed by atoms with Crippen molar-refractivity contribution in [2.45, 2.75) is 0 Å². The van der Waals surface area contributed by atoms with E-state index in [0.717, 1.165) is 22.5 Å². The molecule has 0 spiro atoms. The summed E-state index contributed by atoms with van der Waals surface area (Å²) in [6.07, 6.45) is 0. The van der Waals surface area contributed by atoms with Crippen molar-refractivity contribution in [2.75, 3.05) is 10.3 Å². The predicted octanol–water partition coefficient (Wildman–Crippen LogP) is 3.89. The van der Waals surface area contributed by atoms with Crippen LogP contribution in [0.5, 0.6) is 0 Å². The largest absolute Gasteiger partial charge is 0.321 e. The zero-order valence-corrected chi connectivity index (χ0v) is 13.5. The van der Waals surface area contributed by atoms with Gasteiger partial charge in [0, 0.05) is 16.8 Å². The van der Waals surface area contributed by atoms with Gasteiger partial charge in [0.15, 0.2) is 0 Å². The number of amides is 1. The van der Waals surface area contributed by atoms with Crippen molar-refractivity contribution in [3.63, 3.8) is 0 Å². The van der Waals surface area contributed by atoms with Crippen molar-refractivity contribution in [3.8, 4) is 0 Å². The van der Waals surface area contributed by atoms with Gasteiger partial charge in [-0.3, -0.25) is 9.80 Å². The van der Waals surface area contributed by atoms with Gasteiger partial charge in [0.2, 0.25) is 0 Å². The summed E-state index contributed by atoms with van der Waals surface area (Å²) in [5.74, 6) is 6.32. The number of hydrazine groups is 1. The van der Waals surface area contributed by atoms with Crippen LogP contribution in [0.1, 0.15) is 11.1 Å². The summed E-state index contributed by atoms with van der Waals surface area (Å²) in [6.45, 7) is 0. The van der Waals surface area contributed by atoms with Gasteiger partial charge in [-0.15, -0.1) is 0 Å². The maximum atomic E-state index is 12.7. The molecule has 3 aromatic carbocycles. The van der Waals surface area contributed by atoms with Crippen molar-refractivity contribution in [1.82, 2.24) is 0 Å². The number of hydrogen-bond acceptors (Lipinski definition) is 3. The minimum atomic E-state index is -0.147. The first-order valence-electron chi connectivity index (χ1n) is 8.06. The maximum absolute atomic E-state index is 12.7. The van der Waals surface area contributed by atoms with Crippen molar-refractivity contribution >= 4 is 28.6 Å². The molecule has 0 bridgehead atoms. The quantitative estimate of drug-likeness (QED) is 0.436. The third-order valence-corrected chi connectivity index (χ3v) is 4.23. The number of nitrogens with one attached hydrogen (secondary N) is 1. The van der Waals surface area contributed by atoms with E-state index in [9.17, 15) is 4.79 Å². The molecule has 1 amide bonds. The fraction of sp³-hybridized carbons (Fsp3) is 0. The molecule has 0 saturated heterocycles. The average Bonchev–Trinajstić information content (AvgIpc) is 3.00. The zero-order valence-electron chi connectivity index (χ0n) is 13.5. The number of rotatable bonds is 3. The van der Waals surface area contributed by atoms with Crippen LogP contribution in [0.3, 0.4) is 0 Å². The first-order chi connectivity index (χ1) is 12.3. The van der Waals surface area contributed by atoms with Gasteiger partial charge >= 0.3 is 0 Å². The SMILES string of the molecule is NN(C(=C1C(=O)Nc2ccccc21)c1ccccc1)c1ccccc1. The van der Waals surface area contributed by atoms with Crippen LogP contribution < -0.4 is 16.2 Å². The van der Waals surface area contributed by atoms with Crippen LogP contribution in [0.25, 0.3) is 11.3 Å². The first kappa shape index (κ1) is 15.2. The molecule has 25 heavy (non-hydrogen) atoms. The summed E-state index contributed by atoms with van der Waals surface area (Å²) in [7, 11) is 0. The van der Waals surface area contributed by atoms with E-state index in [0.29, 0.717) is 11.3 Å². The predicted molar refractivity (Wildman–Crippen MR) is 101 cm³/mol. The topological polar surface area (TPSA) is 58.4 Å². The van der Waals surface area contributed by atoms with Gasteiger partial charge in [-0.2, -0.15) is 0 Å². The number of nitrogens with zero attached hydrogens (tertiary/aromatic N) is 1. The molecule has 3 aromatic rings. The molecule has 1 aliphatic heterocycles. The molecule has 0 unspecified atom stereocenters. The lowest BCUT2D eigenvalue weighted by molar-refractivity contribution is -0.110. The van der Waals surface area contributed by atoms with E-state index in [-0.39, 0.29) is 5.91 Å². The highest BCUT2D eigenvalue weighted by molar-refractivity contribution is 6.37. The highest BCUT2D eigenvalue weighted by Crippen LogP contribution is 2.38. The second-order valence-electron chi connectivity index (χ2n) is 5.79. The van der Waals surface area contributed by atoms with Gasteiger partial charge < -0.3 is 5.32 Å². The Morgan fingerprint density at radius 1 is 0.800 bits per heavy atom. The van der Waals surface area contributed by atoms with Crippen LogP contribution in [-0.4, -0.2) is 5.91 Å². The molecule has 0 aliphatic carbocycles. The third kappa shape index (κ3) is 2.69. The summed E-state index contributed by atoms with van der Waals surface area (Å²) in [6, 6.07) is 27.0. The van der Waals surface area contributed by atoms with E-state index in [1.54, 1.807) is 5.01 Å². The van der Waals surface area contributed by atoms with Crippen molar-refractivity contribution < 1.29 is 4.79 Å². The fourth-order valence-electron chi connectivity index (χ4n) is 3.07. The van der Waals surface area contributed by atoms with Gasteiger partial charge in [-0.1, -0.05) is 66.7 Å². The minimum Gasteiger partial charge on any atom is -0.321 e. The van der Waals surface area contributed by atoms with Gasteiger partial charge in [0.05, 0.1) is 17.0 Å². The number of nitrogens with two attached hydrogens (primary N) is 1. The second kappa shape index (κ2) is 6.26. The molecule has 4 heteroatoms. The third-order valence-electron chi connectivity index (χ3n) is 4.23. The maximum Gasteiger partial charge on any atom is 0.258 e. The molecule has 0 fully saturated rings. The lowest BCUT2D eigenvalue weighted by Crippen LogP contribution is -2.30. The molecule has 3 N–H and O–H groups in total. The van der Waals surface area contributed by atoms with E-state index in [1.807, 2.05) is 84.9 Å². The lowest BCUT2D eigenvalue weighted by atomic mass is 9.99. The highest BCUT2D eigenvalue weighted by Gasteiger charge is 2.30. The standard InChI is InChI=1S/C21H17N3O/c22-24(16-11-5-2-6-12-16)20(15-9-3-1-4-10-15)19-17-13-7-8-14-18(17)23-21(19)25/h1-14H,22H2,(H,23,25). The Hall–Kier alpha value is -3.37. The molecule has 0 saturated carbocycles. The Kier molecular flexibility index (Phi) is 3.80. The summed E-state index contributed by atoms with van der Waals surface area (Å²) in [5, 5.41) is 4.50. The van der Waals surface area contributed by atoms with Crippen LogP contribution >= 0.6 is 0 Å². The number of carbonyl (C=O) groups is 1. The molecule has 0 radical (unpaired) electrons. The zero-order chi connectivity index (χ0) is 17.2. The molecule has 122 valence electrons. The Bertz CT molecular complexity index is 949. The molecule has 4 nitrogen and oxygen atoms in total. The van der Waals surface area contributed by atoms with Gasteiger partial charge in [0.25, 0.3) is 5.91 Å². The second-order valence-corrected chi connectivity index (χ2v) is 5.79. The van der Waals surface area contributed by atoms with Crippen LogP contribution in [0.15, 0.2) is 84.9 Å². The number of anilines is 2. The van der Waals surface area contributed by atoms with Gasteiger partial charge in [0.1, 0.15) is 0 Å². The molecule has 1 aliphatic rings. The number of benzene rings is 3. The van der Waals surface area contributed by atoms with Crippen LogP contribution in [0, 0.1) is 0 Å². The summed E-state index contributed by atoms with van der Waals surface area (Å²) in [4.78, 5) is 12.7. The summed E-state index contributed by atoms with van der Waals surface area (Å²) >= 11 is 0.